The number of rotatable bonds is 6. The first kappa shape index (κ1) is 17.2. The summed E-state index contributed by atoms with van der Waals surface area (Å²) in [7, 11) is 1.60. The molecule has 4 rings (SSSR count). The summed E-state index contributed by atoms with van der Waals surface area (Å²) in [6.45, 7) is 0. The molecule has 2 aromatic heterocycles. The molecule has 134 valence electrons. The van der Waals surface area contributed by atoms with Crippen molar-refractivity contribution in [2.45, 2.75) is 38.5 Å². The second kappa shape index (κ2) is 7.54. The molecule has 2 heterocycles. The molecule has 1 aromatic carbocycles. The van der Waals surface area contributed by atoms with Crippen LogP contribution in [0, 0.1) is 5.92 Å². The molecule has 0 saturated heterocycles. The summed E-state index contributed by atoms with van der Waals surface area (Å²) in [6, 6.07) is 9.64. The summed E-state index contributed by atoms with van der Waals surface area (Å²) >= 11 is 1.59. The predicted octanol–water partition coefficient (Wildman–Crippen LogP) is 5.52. The van der Waals surface area contributed by atoms with E-state index in [1.54, 1.807) is 24.6 Å². The molecule has 0 N–H and O–H groups in total. The molecule has 5 heteroatoms. The lowest BCUT2D eigenvalue weighted by atomic mass is 9.97. The van der Waals surface area contributed by atoms with Gasteiger partial charge in [-0.05, 0) is 36.6 Å². The molecular weight excluding hydrogens is 344 g/mol. The van der Waals surface area contributed by atoms with Gasteiger partial charge in [-0.15, -0.1) is 11.3 Å². The Morgan fingerprint density at radius 1 is 1.23 bits per heavy atom. The summed E-state index contributed by atoms with van der Waals surface area (Å²) < 4.78 is 6.14. The molecule has 3 aromatic rings. The van der Waals surface area contributed by atoms with Crippen LogP contribution < -0.4 is 4.74 Å². The Morgan fingerprint density at radius 3 is 2.81 bits per heavy atom. The Morgan fingerprint density at radius 2 is 2.08 bits per heavy atom. The first-order valence-electron chi connectivity index (χ1n) is 9.17. The summed E-state index contributed by atoms with van der Waals surface area (Å²) in [5, 5.41) is 0.908. The highest BCUT2D eigenvalue weighted by Crippen LogP contribution is 2.32. The third-order valence-electron chi connectivity index (χ3n) is 5.16. The molecule has 0 unspecified atom stereocenters. The maximum Gasteiger partial charge on any atom is 0.212 e. The van der Waals surface area contributed by atoms with Crippen LogP contribution in [0.25, 0.3) is 20.8 Å². The van der Waals surface area contributed by atoms with Gasteiger partial charge in [-0.2, -0.15) is 0 Å². The molecule has 0 atom stereocenters. The van der Waals surface area contributed by atoms with Crippen LogP contribution in [0.1, 0.15) is 48.9 Å². The number of pyridine rings is 1. The van der Waals surface area contributed by atoms with Crippen molar-refractivity contribution in [1.29, 1.82) is 0 Å². The second-order valence-electron chi connectivity index (χ2n) is 6.90. The quantitative estimate of drug-likeness (QED) is 0.539. The Hall–Kier alpha value is -2.27. The average molecular weight is 366 g/mol. The molecule has 4 nitrogen and oxygen atoms in total. The highest BCUT2D eigenvalue weighted by atomic mass is 32.1. The summed E-state index contributed by atoms with van der Waals surface area (Å²) in [6.07, 6.45) is 8.70. The van der Waals surface area contributed by atoms with Crippen LogP contribution in [0.2, 0.25) is 0 Å². The average Bonchev–Trinajstić information content (AvgIpc) is 3.35. The van der Waals surface area contributed by atoms with Gasteiger partial charge in [0.05, 0.1) is 17.3 Å². The number of ketones is 1. The fraction of sp³-hybridized carbons (Fsp3) is 0.381. The van der Waals surface area contributed by atoms with Crippen LogP contribution in [-0.2, 0) is 0 Å². The highest BCUT2D eigenvalue weighted by Gasteiger charge is 2.17. The number of fused-ring (bicyclic) bond motifs is 1. The van der Waals surface area contributed by atoms with Crippen molar-refractivity contribution in [3.05, 3.63) is 42.1 Å². The Kier molecular flexibility index (Phi) is 4.98. The number of carbonyl (C=O) groups is 1. The van der Waals surface area contributed by atoms with Crippen molar-refractivity contribution in [2.75, 3.05) is 7.11 Å². The van der Waals surface area contributed by atoms with Crippen molar-refractivity contribution in [1.82, 2.24) is 9.97 Å². The molecule has 0 spiro atoms. The zero-order valence-electron chi connectivity index (χ0n) is 14.9. The van der Waals surface area contributed by atoms with Crippen LogP contribution >= 0.6 is 11.3 Å². The Labute approximate surface area is 157 Å². The number of Topliss-reactive ketones (excluding diaryl/α,β-unsaturated/α-hetero) is 1. The van der Waals surface area contributed by atoms with Gasteiger partial charge >= 0.3 is 0 Å². The van der Waals surface area contributed by atoms with Gasteiger partial charge in [0.2, 0.25) is 5.88 Å². The minimum atomic E-state index is 0.250. The molecule has 0 bridgehead atoms. The molecule has 0 aliphatic heterocycles. The van der Waals surface area contributed by atoms with E-state index in [4.69, 9.17) is 4.74 Å². The number of nitrogens with zero attached hydrogens (tertiary/aromatic N) is 2. The van der Waals surface area contributed by atoms with Crippen molar-refractivity contribution >= 4 is 27.3 Å². The van der Waals surface area contributed by atoms with Gasteiger partial charge in [0.15, 0.2) is 5.78 Å². The third kappa shape index (κ3) is 3.63. The van der Waals surface area contributed by atoms with E-state index >= 15 is 0 Å². The molecule has 1 aliphatic rings. The molecule has 0 radical (unpaired) electrons. The molecule has 1 saturated carbocycles. The lowest BCUT2D eigenvalue weighted by molar-refractivity contribution is 0.0974. The van der Waals surface area contributed by atoms with E-state index in [1.807, 2.05) is 30.3 Å². The number of methoxy groups -OCH3 is 1. The first-order valence-corrected chi connectivity index (χ1v) is 9.99. The summed E-state index contributed by atoms with van der Waals surface area (Å²) in [4.78, 5) is 21.5. The first-order chi connectivity index (χ1) is 12.7. The molecule has 1 aliphatic carbocycles. The molecule has 26 heavy (non-hydrogen) atoms. The maximum atomic E-state index is 12.6. The van der Waals surface area contributed by atoms with Crippen molar-refractivity contribution in [3.63, 3.8) is 0 Å². The lowest BCUT2D eigenvalue weighted by Gasteiger charge is -2.07. The van der Waals surface area contributed by atoms with Crippen LogP contribution in [0.4, 0.5) is 0 Å². The van der Waals surface area contributed by atoms with Gasteiger partial charge < -0.3 is 4.74 Å². The third-order valence-corrected chi connectivity index (χ3v) is 6.22. The number of thiazole rings is 1. The highest BCUT2D eigenvalue weighted by molar-refractivity contribution is 7.21. The predicted molar refractivity (Wildman–Crippen MR) is 105 cm³/mol. The Bertz CT molecular complexity index is 911. The molecule has 0 amide bonds. The SMILES string of the molecule is COc1ccc(-c2nc3ccc(C(=O)CCC4CCCC4)cc3s2)cn1. The second-order valence-corrected chi connectivity index (χ2v) is 7.93. The van der Waals surface area contributed by atoms with E-state index in [0.717, 1.165) is 38.7 Å². The van der Waals surface area contributed by atoms with E-state index in [2.05, 4.69) is 9.97 Å². The molecule has 1 fully saturated rings. The van der Waals surface area contributed by atoms with E-state index < -0.39 is 0 Å². The number of hydrogen-bond acceptors (Lipinski definition) is 5. The Balaban J connectivity index is 1.52. The van der Waals surface area contributed by atoms with Crippen molar-refractivity contribution in [3.8, 4) is 16.5 Å². The number of ether oxygens (including phenoxy) is 1. The van der Waals surface area contributed by atoms with Gasteiger partial charge in [0.1, 0.15) is 5.01 Å². The number of hydrogen-bond donors (Lipinski definition) is 0. The minimum Gasteiger partial charge on any atom is -0.481 e. The smallest absolute Gasteiger partial charge is 0.212 e. The zero-order valence-corrected chi connectivity index (χ0v) is 15.7. The van der Waals surface area contributed by atoms with Crippen LogP contribution in [0.15, 0.2) is 36.5 Å². The van der Waals surface area contributed by atoms with Gasteiger partial charge in [-0.3, -0.25) is 4.79 Å². The molecular formula is C21H22N2O2S. The van der Waals surface area contributed by atoms with Crippen LogP contribution in [0.3, 0.4) is 0 Å². The van der Waals surface area contributed by atoms with Crippen molar-refractivity contribution < 1.29 is 9.53 Å². The topological polar surface area (TPSA) is 52.1 Å². The van der Waals surface area contributed by atoms with Crippen molar-refractivity contribution in [2.24, 2.45) is 5.92 Å². The van der Waals surface area contributed by atoms with E-state index in [0.29, 0.717) is 12.3 Å². The van der Waals surface area contributed by atoms with Crippen LogP contribution in [0.5, 0.6) is 5.88 Å². The van der Waals surface area contributed by atoms with E-state index in [1.165, 1.54) is 25.7 Å². The standard InChI is InChI=1S/C21H22N2O2S/c1-25-20-11-8-16(13-22-20)21-23-17-9-7-15(12-19(17)26-21)18(24)10-6-14-4-2-3-5-14/h7-9,11-14H,2-6,10H2,1H3. The maximum absolute atomic E-state index is 12.6. The minimum absolute atomic E-state index is 0.250. The van der Waals surface area contributed by atoms with Gasteiger partial charge in [-0.1, -0.05) is 25.7 Å². The van der Waals surface area contributed by atoms with E-state index in [9.17, 15) is 4.79 Å². The van der Waals surface area contributed by atoms with Gasteiger partial charge in [0.25, 0.3) is 0 Å². The summed E-state index contributed by atoms with van der Waals surface area (Å²) in [5.74, 6) is 1.59. The van der Waals surface area contributed by atoms with Gasteiger partial charge in [0, 0.05) is 29.8 Å². The van der Waals surface area contributed by atoms with Gasteiger partial charge in [-0.25, -0.2) is 9.97 Å². The fourth-order valence-corrected chi connectivity index (χ4v) is 4.62. The number of carbonyl (C=O) groups excluding carboxylic acids is 1. The van der Waals surface area contributed by atoms with Crippen LogP contribution in [-0.4, -0.2) is 22.9 Å². The number of aromatic nitrogens is 2. The lowest BCUT2D eigenvalue weighted by Crippen LogP contribution is -2.02. The normalized spacial score (nSPS) is 14.8. The van der Waals surface area contributed by atoms with E-state index in [-0.39, 0.29) is 5.78 Å². The zero-order chi connectivity index (χ0) is 17.9. The monoisotopic (exact) mass is 366 g/mol. The number of benzene rings is 1. The largest absolute Gasteiger partial charge is 0.481 e. The summed E-state index contributed by atoms with van der Waals surface area (Å²) in [5.41, 5.74) is 2.69. The fourth-order valence-electron chi connectivity index (χ4n) is 3.63.